The summed E-state index contributed by atoms with van der Waals surface area (Å²) in [6.07, 6.45) is 4.37. The fourth-order valence-corrected chi connectivity index (χ4v) is 4.68. The molecule has 0 saturated carbocycles. The van der Waals surface area contributed by atoms with E-state index in [1.165, 1.54) is 11.4 Å². The van der Waals surface area contributed by atoms with Crippen LogP contribution in [0.3, 0.4) is 0 Å². The summed E-state index contributed by atoms with van der Waals surface area (Å²) < 4.78 is 25.1. The van der Waals surface area contributed by atoms with Crippen LogP contribution in [0.4, 0.5) is 0 Å². The van der Waals surface area contributed by atoms with Gasteiger partial charge in [-0.25, -0.2) is 13.4 Å². The number of sulfone groups is 1. The van der Waals surface area contributed by atoms with Gasteiger partial charge in [0.2, 0.25) is 0 Å². The molecule has 3 rings (SSSR count). The first-order valence-electron chi connectivity index (χ1n) is 6.51. The number of aryl methyl sites for hydroxylation is 1. The van der Waals surface area contributed by atoms with E-state index >= 15 is 0 Å². The van der Waals surface area contributed by atoms with Crippen molar-refractivity contribution in [2.24, 2.45) is 13.0 Å². The van der Waals surface area contributed by atoms with E-state index in [4.69, 9.17) is 0 Å². The van der Waals surface area contributed by atoms with Crippen LogP contribution in [0.5, 0.6) is 0 Å². The molecule has 0 radical (unpaired) electrons. The largest absolute Gasteiger partial charge is 0.336 e. The Labute approximate surface area is 108 Å². The summed E-state index contributed by atoms with van der Waals surface area (Å²) in [5.41, 5.74) is 2.43. The second kappa shape index (κ2) is 4.35. The second-order valence-electron chi connectivity index (χ2n) is 5.36. The highest BCUT2D eigenvalue weighted by Gasteiger charge is 2.34. The molecule has 2 aliphatic rings. The van der Waals surface area contributed by atoms with Gasteiger partial charge >= 0.3 is 0 Å². The average Bonchev–Trinajstić information content (AvgIpc) is 2.72. The van der Waals surface area contributed by atoms with Gasteiger partial charge in [0.15, 0.2) is 0 Å². The Bertz CT molecular complexity index is 536. The third-order valence-electron chi connectivity index (χ3n) is 4.15. The Kier molecular flexibility index (Phi) is 2.94. The normalized spacial score (nSPS) is 27.9. The number of hydrogen-bond acceptors (Lipinski definition) is 4. The topological polar surface area (TPSA) is 64.0 Å². The Morgan fingerprint density at radius 1 is 1.39 bits per heavy atom. The fraction of sp³-hybridized carbons (Fsp3) is 0.750. The summed E-state index contributed by atoms with van der Waals surface area (Å²) in [7, 11) is -0.759. The smallest absolute Gasteiger partial charge is 0.150 e. The molecule has 2 aliphatic heterocycles. The lowest BCUT2D eigenvalue weighted by atomic mass is 9.88. The van der Waals surface area contributed by atoms with Crippen molar-refractivity contribution >= 4 is 9.84 Å². The third-order valence-corrected chi connectivity index (χ3v) is 5.87. The average molecular weight is 269 g/mol. The second-order valence-corrected chi connectivity index (χ2v) is 7.66. The minimum absolute atomic E-state index is 0.275. The highest BCUT2D eigenvalue weighted by molar-refractivity contribution is 7.91. The van der Waals surface area contributed by atoms with Gasteiger partial charge in [-0.1, -0.05) is 0 Å². The molecule has 5 nitrogen and oxygen atoms in total. The summed E-state index contributed by atoms with van der Waals surface area (Å²) in [5.74, 6) is 1.09. The van der Waals surface area contributed by atoms with E-state index in [2.05, 4.69) is 14.9 Å². The number of nitrogens with zero attached hydrogens (tertiary/aromatic N) is 2. The monoisotopic (exact) mass is 269 g/mol. The van der Waals surface area contributed by atoms with Crippen molar-refractivity contribution in [2.75, 3.05) is 18.1 Å². The van der Waals surface area contributed by atoms with Crippen molar-refractivity contribution in [3.8, 4) is 0 Å². The lowest BCUT2D eigenvalue weighted by molar-refractivity contribution is 0.311. The minimum Gasteiger partial charge on any atom is -0.336 e. The Balaban J connectivity index is 1.84. The van der Waals surface area contributed by atoms with Gasteiger partial charge in [-0.2, -0.15) is 0 Å². The number of nitrogens with one attached hydrogen (secondary N) is 1. The molecule has 100 valence electrons. The molecule has 6 heteroatoms. The summed E-state index contributed by atoms with van der Waals surface area (Å²) >= 11 is 0. The number of rotatable bonds is 1. The van der Waals surface area contributed by atoms with Crippen molar-refractivity contribution in [1.82, 2.24) is 14.9 Å². The number of imidazole rings is 1. The van der Waals surface area contributed by atoms with Crippen LogP contribution in [0, 0.1) is 5.92 Å². The molecular formula is C12H19N3O2S. The zero-order valence-electron chi connectivity index (χ0n) is 10.6. The molecule has 1 N–H and O–H groups in total. The van der Waals surface area contributed by atoms with Gasteiger partial charge in [0, 0.05) is 20.0 Å². The third kappa shape index (κ3) is 2.07. The predicted molar refractivity (Wildman–Crippen MR) is 69.0 cm³/mol. The molecule has 1 aromatic rings. The molecule has 0 amide bonds. The predicted octanol–water partition coefficient (Wildman–Crippen LogP) is 0.432. The van der Waals surface area contributed by atoms with E-state index in [0.717, 1.165) is 25.8 Å². The highest BCUT2D eigenvalue weighted by Crippen LogP contribution is 2.34. The standard InChI is InChI=1S/C12H19N3O2S/c1-15-8-14-10-2-5-13-11(12(10)15)9-3-6-18(16,17)7-4-9/h8-9,11,13H,2-7H2,1H3. The summed E-state index contributed by atoms with van der Waals surface area (Å²) in [5, 5.41) is 3.54. The molecule has 3 heterocycles. The first kappa shape index (κ1) is 12.2. The molecule has 1 fully saturated rings. The summed E-state index contributed by atoms with van der Waals surface area (Å²) in [6, 6.07) is 0.275. The molecule has 0 aliphatic carbocycles. The van der Waals surface area contributed by atoms with E-state index in [0.29, 0.717) is 17.4 Å². The van der Waals surface area contributed by atoms with E-state index in [-0.39, 0.29) is 6.04 Å². The first-order valence-corrected chi connectivity index (χ1v) is 8.33. The van der Waals surface area contributed by atoms with Gasteiger partial charge in [0.1, 0.15) is 9.84 Å². The van der Waals surface area contributed by atoms with Crippen LogP contribution in [0.25, 0.3) is 0 Å². The van der Waals surface area contributed by atoms with Gasteiger partial charge in [-0.15, -0.1) is 0 Å². The van der Waals surface area contributed by atoms with Crippen molar-refractivity contribution in [3.63, 3.8) is 0 Å². The van der Waals surface area contributed by atoms with Gasteiger partial charge in [0.25, 0.3) is 0 Å². The lowest BCUT2D eigenvalue weighted by Gasteiger charge is -2.34. The van der Waals surface area contributed by atoms with Crippen LogP contribution < -0.4 is 5.32 Å². The summed E-state index contributed by atoms with van der Waals surface area (Å²) in [4.78, 5) is 4.43. The van der Waals surface area contributed by atoms with Crippen LogP contribution in [-0.2, 0) is 23.3 Å². The highest BCUT2D eigenvalue weighted by atomic mass is 32.2. The molecule has 0 spiro atoms. The molecule has 18 heavy (non-hydrogen) atoms. The van der Waals surface area contributed by atoms with Gasteiger partial charge in [-0.3, -0.25) is 0 Å². The molecule has 0 bridgehead atoms. The van der Waals surface area contributed by atoms with Crippen molar-refractivity contribution in [1.29, 1.82) is 0 Å². The quantitative estimate of drug-likeness (QED) is 0.803. The molecule has 1 unspecified atom stereocenters. The molecule has 1 saturated heterocycles. The van der Waals surface area contributed by atoms with Gasteiger partial charge < -0.3 is 9.88 Å². The molecular weight excluding hydrogens is 250 g/mol. The Hall–Kier alpha value is -0.880. The molecule has 1 atom stereocenters. The molecule has 1 aromatic heterocycles. The zero-order chi connectivity index (χ0) is 12.8. The van der Waals surface area contributed by atoms with E-state index in [9.17, 15) is 8.42 Å². The zero-order valence-corrected chi connectivity index (χ0v) is 11.4. The van der Waals surface area contributed by atoms with E-state index in [1.54, 1.807) is 0 Å². The SMILES string of the molecule is Cn1cnc2c1C(C1CCS(=O)(=O)CC1)NCC2. The fourth-order valence-electron chi connectivity index (χ4n) is 3.15. The van der Waals surface area contributed by atoms with Gasteiger partial charge in [0.05, 0.1) is 35.3 Å². The van der Waals surface area contributed by atoms with Crippen LogP contribution in [-0.4, -0.2) is 36.0 Å². The minimum atomic E-state index is -2.78. The van der Waals surface area contributed by atoms with E-state index < -0.39 is 9.84 Å². The first-order chi connectivity index (χ1) is 8.57. The molecule has 0 aromatic carbocycles. The number of fused-ring (bicyclic) bond motifs is 1. The van der Waals surface area contributed by atoms with Gasteiger partial charge in [-0.05, 0) is 18.8 Å². The van der Waals surface area contributed by atoms with E-state index in [1.807, 2.05) is 13.4 Å². The number of hydrogen-bond donors (Lipinski definition) is 1. The van der Waals surface area contributed by atoms with Crippen LogP contribution in [0.15, 0.2) is 6.33 Å². The van der Waals surface area contributed by atoms with Crippen LogP contribution >= 0.6 is 0 Å². The number of aromatic nitrogens is 2. The maximum absolute atomic E-state index is 11.5. The maximum Gasteiger partial charge on any atom is 0.150 e. The van der Waals surface area contributed by atoms with Crippen LogP contribution in [0.1, 0.15) is 30.3 Å². The Morgan fingerprint density at radius 3 is 2.83 bits per heavy atom. The maximum atomic E-state index is 11.5. The summed E-state index contributed by atoms with van der Waals surface area (Å²) in [6.45, 7) is 0.942. The van der Waals surface area contributed by atoms with Crippen molar-refractivity contribution in [3.05, 3.63) is 17.7 Å². The lowest BCUT2D eigenvalue weighted by Crippen LogP contribution is -2.39. The Morgan fingerprint density at radius 2 is 2.11 bits per heavy atom. The van der Waals surface area contributed by atoms with Crippen LogP contribution in [0.2, 0.25) is 0 Å². The van der Waals surface area contributed by atoms with Crippen molar-refractivity contribution < 1.29 is 8.42 Å². The van der Waals surface area contributed by atoms with Crippen molar-refractivity contribution in [2.45, 2.75) is 25.3 Å².